The van der Waals surface area contributed by atoms with Crippen LogP contribution >= 0.6 is 0 Å². The van der Waals surface area contributed by atoms with Crippen molar-refractivity contribution in [2.75, 3.05) is 6.26 Å². The molecule has 2 rings (SSSR count). The first-order chi connectivity index (χ1) is 7.68. The van der Waals surface area contributed by atoms with E-state index < -0.39 is 25.1 Å². The first-order valence-electron chi connectivity index (χ1n) is 4.34. The summed E-state index contributed by atoms with van der Waals surface area (Å²) in [7, 11) is -8.07. The number of hydrogen-bond donors (Lipinski definition) is 1. The molecule has 0 amide bonds. The summed E-state index contributed by atoms with van der Waals surface area (Å²) in [6.45, 7) is 0. The van der Waals surface area contributed by atoms with Gasteiger partial charge in [-0.05, 0) is 18.2 Å². The Labute approximate surface area is 97.2 Å². The van der Waals surface area contributed by atoms with Gasteiger partial charge in [0.25, 0.3) is 0 Å². The topological polar surface area (TPSA) is 120 Å². The summed E-state index contributed by atoms with van der Waals surface area (Å²) in [6, 6.07) is 3.85. The summed E-state index contributed by atoms with van der Waals surface area (Å²) in [5, 5.41) is -0.724. The molecule has 0 aliphatic rings. The molecule has 2 aromatic rings. The minimum absolute atomic E-state index is 0.0171. The highest BCUT2D eigenvalue weighted by molar-refractivity contribution is 7.90. The first kappa shape index (κ1) is 12.0. The van der Waals surface area contributed by atoms with Crippen LogP contribution in [0.5, 0.6) is 0 Å². The van der Waals surface area contributed by atoms with Crippen molar-refractivity contribution in [2.45, 2.75) is 10.1 Å². The van der Waals surface area contributed by atoms with E-state index in [1.54, 1.807) is 0 Å². The average Bonchev–Trinajstić information content (AvgIpc) is 2.57. The number of rotatable bonds is 2. The molecule has 1 N–H and O–H groups in total. The highest BCUT2D eigenvalue weighted by Gasteiger charge is 2.12. The predicted octanol–water partition coefficient (Wildman–Crippen LogP) is -0.129. The van der Waals surface area contributed by atoms with Gasteiger partial charge in [0.15, 0.2) is 20.0 Å². The maximum absolute atomic E-state index is 11.3. The lowest BCUT2D eigenvalue weighted by atomic mass is 10.3. The van der Waals surface area contributed by atoms with Gasteiger partial charge in [0.2, 0.25) is 5.16 Å². The number of nitrogens with zero attached hydrogens (tertiary/aromatic N) is 1. The first-order valence-corrected chi connectivity index (χ1v) is 7.63. The molecule has 17 heavy (non-hydrogen) atoms. The molecule has 0 unspecified atom stereocenters. The number of aromatic nitrogens is 2. The van der Waals surface area contributed by atoms with E-state index >= 15 is 0 Å². The Bertz CT molecular complexity index is 758. The lowest BCUT2D eigenvalue weighted by Crippen LogP contribution is -2.00. The molecule has 0 aliphatic heterocycles. The molecule has 0 atom stereocenters. The van der Waals surface area contributed by atoms with E-state index in [2.05, 4.69) is 9.97 Å². The van der Waals surface area contributed by atoms with Crippen molar-refractivity contribution in [1.29, 1.82) is 0 Å². The van der Waals surface area contributed by atoms with Crippen molar-refractivity contribution in [1.82, 2.24) is 9.97 Å². The summed E-state index contributed by atoms with van der Waals surface area (Å²) < 4.78 is 54.7. The molecule has 0 aliphatic carbocycles. The van der Waals surface area contributed by atoms with Gasteiger partial charge in [0.1, 0.15) is 0 Å². The number of benzene rings is 1. The Hall–Kier alpha value is -1.45. The van der Waals surface area contributed by atoms with Crippen LogP contribution in [0, 0.1) is 0 Å². The summed E-state index contributed by atoms with van der Waals surface area (Å²) >= 11 is 0. The van der Waals surface area contributed by atoms with Crippen LogP contribution in [0.3, 0.4) is 0 Å². The van der Waals surface area contributed by atoms with Gasteiger partial charge in [-0.1, -0.05) is 0 Å². The molecule has 1 aromatic heterocycles. The Kier molecular flexibility index (Phi) is 2.49. The van der Waals surface area contributed by atoms with Gasteiger partial charge < -0.3 is 9.54 Å². The Morgan fingerprint density at radius 2 is 1.88 bits per heavy atom. The van der Waals surface area contributed by atoms with Crippen LogP contribution < -0.4 is 0 Å². The van der Waals surface area contributed by atoms with Crippen LogP contribution in [0.25, 0.3) is 11.0 Å². The van der Waals surface area contributed by atoms with E-state index in [1.807, 2.05) is 0 Å². The zero-order chi connectivity index (χ0) is 12.8. The van der Waals surface area contributed by atoms with Crippen molar-refractivity contribution in [3.63, 3.8) is 0 Å². The number of aromatic amines is 1. The Morgan fingerprint density at radius 1 is 1.24 bits per heavy atom. The SMILES string of the molecule is CS(=O)(=O)c1ccc2nc(S(=O)(=O)[O-])[nH]c2c1. The summed E-state index contributed by atoms with van der Waals surface area (Å²) in [4.78, 5) is 5.85. The summed E-state index contributed by atoms with van der Waals surface area (Å²) in [5.41, 5.74) is 0.397. The molecular formula is C8H7N2O5S2-. The second kappa shape index (κ2) is 3.52. The average molecular weight is 275 g/mol. The van der Waals surface area contributed by atoms with Gasteiger partial charge in [-0.15, -0.1) is 0 Å². The second-order valence-corrected chi connectivity index (χ2v) is 6.76. The van der Waals surface area contributed by atoms with E-state index in [1.165, 1.54) is 18.2 Å². The Morgan fingerprint density at radius 3 is 2.41 bits per heavy atom. The largest absolute Gasteiger partial charge is 0.742 e. The molecule has 92 valence electrons. The summed E-state index contributed by atoms with van der Waals surface area (Å²) in [6.07, 6.45) is 1.02. The van der Waals surface area contributed by atoms with E-state index in [-0.39, 0.29) is 15.9 Å². The van der Waals surface area contributed by atoms with Gasteiger partial charge >= 0.3 is 0 Å². The van der Waals surface area contributed by atoms with Crippen LogP contribution in [-0.2, 0) is 20.0 Å². The third kappa shape index (κ3) is 2.30. The number of sulfone groups is 1. The fourth-order valence-electron chi connectivity index (χ4n) is 1.31. The van der Waals surface area contributed by atoms with Gasteiger partial charge in [-0.25, -0.2) is 21.8 Å². The molecule has 0 radical (unpaired) electrons. The minimum Gasteiger partial charge on any atom is -0.742 e. The van der Waals surface area contributed by atoms with Crippen molar-refractivity contribution in [3.05, 3.63) is 18.2 Å². The maximum atomic E-state index is 11.3. The highest BCUT2D eigenvalue weighted by Crippen LogP contribution is 2.18. The molecule has 1 aromatic carbocycles. The monoisotopic (exact) mass is 275 g/mol. The molecule has 0 spiro atoms. The lowest BCUT2D eigenvalue weighted by Gasteiger charge is -1.99. The molecule has 0 saturated heterocycles. The van der Waals surface area contributed by atoms with Crippen molar-refractivity contribution in [2.24, 2.45) is 0 Å². The lowest BCUT2D eigenvalue weighted by molar-refractivity contribution is 0.456. The number of imidazole rings is 1. The number of hydrogen-bond acceptors (Lipinski definition) is 6. The maximum Gasteiger partial charge on any atom is 0.213 e. The normalized spacial score (nSPS) is 13.1. The smallest absolute Gasteiger partial charge is 0.213 e. The Balaban J connectivity index is 2.73. The number of H-pyrrole nitrogens is 1. The molecule has 0 bridgehead atoms. The second-order valence-electron chi connectivity index (χ2n) is 3.45. The molecule has 1 heterocycles. The van der Waals surface area contributed by atoms with Gasteiger partial charge in [0.05, 0.1) is 15.9 Å². The minimum atomic E-state index is -4.68. The molecule has 0 fully saturated rings. The van der Waals surface area contributed by atoms with Crippen LogP contribution in [0.1, 0.15) is 0 Å². The van der Waals surface area contributed by atoms with Crippen LogP contribution in [-0.4, -0.2) is 37.6 Å². The standard InChI is InChI=1S/C8H8N2O5S2/c1-16(11,12)5-2-3-6-7(4-5)10-8(9-6)17(13,14)15/h2-4H,1H3,(H,9,10)(H,13,14,15)/p-1. The van der Waals surface area contributed by atoms with Crippen molar-refractivity contribution in [3.8, 4) is 0 Å². The third-order valence-electron chi connectivity index (χ3n) is 2.10. The summed E-state index contributed by atoms with van der Waals surface area (Å²) in [5.74, 6) is 0. The zero-order valence-corrected chi connectivity index (χ0v) is 10.2. The van der Waals surface area contributed by atoms with Gasteiger partial charge in [0, 0.05) is 6.26 Å². The van der Waals surface area contributed by atoms with Gasteiger partial charge in [-0.3, -0.25) is 0 Å². The van der Waals surface area contributed by atoms with E-state index in [9.17, 15) is 21.4 Å². The van der Waals surface area contributed by atoms with E-state index in [0.29, 0.717) is 0 Å². The van der Waals surface area contributed by atoms with Crippen LogP contribution in [0.2, 0.25) is 0 Å². The molecule has 7 nitrogen and oxygen atoms in total. The molecular weight excluding hydrogens is 268 g/mol. The molecule has 0 saturated carbocycles. The fourth-order valence-corrected chi connectivity index (χ4v) is 2.41. The van der Waals surface area contributed by atoms with Crippen LogP contribution in [0.4, 0.5) is 0 Å². The van der Waals surface area contributed by atoms with Crippen LogP contribution in [0.15, 0.2) is 28.3 Å². The quantitative estimate of drug-likeness (QED) is 0.762. The molecule has 9 heteroatoms. The third-order valence-corrected chi connectivity index (χ3v) is 3.87. The highest BCUT2D eigenvalue weighted by atomic mass is 32.2. The van der Waals surface area contributed by atoms with Crippen molar-refractivity contribution >= 4 is 31.0 Å². The fraction of sp³-hybridized carbons (Fsp3) is 0.125. The number of nitrogens with one attached hydrogen (secondary N) is 1. The number of fused-ring (bicyclic) bond motifs is 1. The van der Waals surface area contributed by atoms with E-state index in [4.69, 9.17) is 0 Å². The predicted molar refractivity (Wildman–Crippen MR) is 57.2 cm³/mol. The van der Waals surface area contributed by atoms with Gasteiger partial charge in [-0.2, -0.15) is 0 Å². The van der Waals surface area contributed by atoms with E-state index in [0.717, 1.165) is 6.26 Å². The zero-order valence-electron chi connectivity index (χ0n) is 8.54. The van der Waals surface area contributed by atoms with Crippen molar-refractivity contribution < 1.29 is 21.4 Å².